The van der Waals surface area contributed by atoms with Crippen LogP contribution >= 0.6 is 0 Å². The molecule has 0 aliphatic rings. The molecule has 0 aliphatic carbocycles. The Morgan fingerprint density at radius 3 is 2.38 bits per heavy atom. The SMILES string of the molecule is CCO[Si](O)(O)Oc1ccccc1. The molecule has 0 fully saturated rings. The molecule has 0 saturated carbocycles. The summed E-state index contributed by atoms with van der Waals surface area (Å²) < 4.78 is 9.53. The summed E-state index contributed by atoms with van der Waals surface area (Å²) in [6, 6.07) is 8.56. The topological polar surface area (TPSA) is 58.9 Å². The van der Waals surface area contributed by atoms with Gasteiger partial charge in [-0.2, -0.15) is 0 Å². The van der Waals surface area contributed by atoms with Crippen LogP contribution in [-0.4, -0.2) is 25.2 Å². The van der Waals surface area contributed by atoms with Gasteiger partial charge in [0.15, 0.2) is 0 Å². The van der Waals surface area contributed by atoms with Crippen LogP contribution in [0.2, 0.25) is 0 Å². The molecule has 13 heavy (non-hydrogen) atoms. The molecule has 0 amide bonds. The highest BCUT2D eigenvalue weighted by molar-refractivity contribution is 6.51. The van der Waals surface area contributed by atoms with E-state index < -0.39 is 9.05 Å². The molecule has 0 bridgehead atoms. The third kappa shape index (κ3) is 3.56. The van der Waals surface area contributed by atoms with E-state index in [-0.39, 0.29) is 6.61 Å². The predicted octanol–water partition coefficient (Wildman–Crippen LogP) is 0.522. The first kappa shape index (κ1) is 10.2. The van der Waals surface area contributed by atoms with E-state index in [1.165, 1.54) is 0 Å². The molecule has 0 unspecified atom stereocenters. The van der Waals surface area contributed by atoms with E-state index >= 15 is 0 Å². The monoisotopic (exact) mass is 200 g/mol. The molecule has 5 heteroatoms. The van der Waals surface area contributed by atoms with Crippen molar-refractivity contribution in [3.05, 3.63) is 30.3 Å². The fraction of sp³-hybridized carbons (Fsp3) is 0.250. The van der Waals surface area contributed by atoms with Crippen LogP contribution in [0, 0.1) is 0 Å². The highest BCUT2D eigenvalue weighted by atomic mass is 28.4. The largest absolute Gasteiger partial charge is 0.744 e. The molecule has 1 rings (SSSR count). The Morgan fingerprint density at radius 2 is 1.85 bits per heavy atom. The highest BCUT2D eigenvalue weighted by Gasteiger charge is 2.38. The Bertz CT molecular complexity index is 250. The van der Waals surface area contributed by atoms with Gasteiger partial charge in [0.2, 0.25) is 0 Å². The van der Waals surface area contributed by atoms with Crippen molar-refractivity contribution in [2.75, 3.05) is 6.61 Å². The molecule has 0 heterocycles. The summed E-state index contributed by atoms with van der Waals surface area (Å²) in [7, 11) is -3.94. The van der Waals surface area contributed by atoms with Crippen LogP contribution in [0.1, 0.15) is 6.92 Å². The summed E-state index contributed by atoms with van der Waals surface area (Å²) in [5.41, 5.74) is 0. The maximum absolute atomic E-state index is 9.22. The van der Waals surface area contributed by atoms with E-state index in [1.807, 2.05) is 6.07 Å². The van der Waals surface area contributed by atoms with Gasteiger partial charge in [-0.05, 0) is 19.1 Å². The lowest BCUT2D eigenvalue weighted by molar-refractivity contribution is 0.0783. The molecule has 72 valence electrons. The molecule has 1 aromatic rings. The molecule has 0 saturated heterocycles. The van der Waals surface area contributed by atoms with Crippen LogP contribution in [0.15, 0.2) is 30.3 Å². The maximum atomic E-state index is 9.22. The standard InChI is InChI=1S/C8H12O4Si/c1-2-11-13(9,10)12-8-6-4-3-5-7-8/h3-7,9-10H,2H2,1H3. The van der Waals surface area contributed by atoms with Gasteiger partial charge in [-0.15, -0.1) is 0 Å². The van der Waals surface area contributed by atoms with Crippen molar-refractivity contribution >= 4 is 9.05 Å². The van der Waals surface area contributed by atoms with E-state index in [1.54, 1.807) is 31.2 Å². The third-order valence-electron chi connectivity index (χ3n) is 1.33. The number of para-hydroxylation sites is 1. The van der Waals surface area contributed by atoms with Crippen molar-refractivity contribution in [2.45, 2.75) is 6.92 Å². The Balaban J connectivity index is 2.58. The van der Waals surface area contributed by atoms with E-state index in [0.717, 1.165) is 0 Å². The number of hydrogen-bond acceptors (Lipinski definition) is 4. The van der Waals surface area contributed by atoms with Crippen LogP contribution in [0.5, 0.6) is 5.75 Å². The zero-order valence-electron chi connectivity index (χ0n) is 7.30. The Hall–Kier alpha value is -0.883. The molecule has 2 N–H and O–H groups in total. The number of hydrogen-bond donors (Lipinski definition) is 2. The minimum absolute atomic E-state index is 0.214. The van der Waals surface area contributed by atoms with Crippen molar-refractivity contribution in [3.63, 3.8) is 0 Å². The maximum Gasteiger partial charge on any atom is 0.744 e. The first-order valence-corrected chi connectivity index (χ1v) is 5.68. The molecular weight excluding hydrogens is 188 g/mol. The second kappa shape index (κ2) is 4.38. The molecule has 1 aromatic carbocycles. The summed E-state index contributed by atoms with van der Waals surface area (Å²) >= 11 is 0. The molecule has 0 aromatic heterocycles. The fourth-order valence-electron chi connectivity index (χ4n) is 0.860. The normalized spacial score (nSPS) is 11.3. The molecule has 0 radical (unpaired) electrons. The number of rotatable bonds is 4. The molecule has 0 atom stereocenters. The minimum atomic E-state index is -3.94. The first-order chi connectivity index (χ1) is 6.14. The summed E-state index contributed by atoms with van der Waals surface area (Å²) in [5.74, 6) is 0.396. The Labute approximate surface area is 77.9 Å². The average Bonchev–Trinajstić information content (AvgIpc) is 2.04. The van der Waals surface area contributed by atoms with E-state index in [2.05, 4.69) is 4.43 Å². The second-order valence-electron chi connectivity index (χ2n) is 2.40. The van der Waals surface area contributed by atoms with Gasteiger partial charge in [0, 0.05) is 6.61 Å². The quantitative estimate of drug-likeness (QED) is 0.696. The minimum Gasteiger partial charge on any atom is -0.480 e. The first-order valence-electron chi connectivity index (χ1n) is 3.97. The van der Waals surface area contributed by atoms with Crippen LogP contribution in [0.25, 0.3) is 0 Å². The van der Waals surface area contributed by atoms with Gasteiger partial charge >= 0.3 is 9.05 Å². The van der Waals surface area contributed by atoms with E-state index in [0.29, 0.717) is 5.75 Å². The van der Waals surface area contributed by atoms with Crippen LogP contribution in [0.3, 0.4) is 0 Å². The smallest absolute Gasteiger partial charge is 0.480 e. The van der Waals surface area contributed by atoms with Gasteiger partial charge in [-0.25, -0.2) is 0 Å². The molecule has 0 aliphatic heterocycles. The van der Waals surface area contributed by atoms with Crippen LogP contribution in [0.4, 0.5) is 0 Å². The molecular formula is C8H12O4Si. The average molecular weight is 200 g/mol. The lowest BCUT2D eigenvalue weighted by Gasteiger charge is -2.16. The van der Waals surface area contributed by atoms with Crippen molar-refractivity contribution in [3.8, 4) is 5.75 Å². The molecule has 0 spiro atoms. The predicted molar refractivity (Wildman–Crippen MR) is 48.9 cm³/mol. The summed E-state index contributed by atoms with van der Waals surface area (Å²) in [4.78, 5) is 18.4. The van der Waals surface area contributed by atoms with Gasteiger partial charge in [-0.1, -0.05) is 18.2 Å². The van der Waals surface area contributed by atoms with Gasteiger partial charge in [-0.3, -0.25) is 0 Å². The molecule has 4 nitrogen and oxygen atoms in total. The van der Waals surface area contributed by atoms with Crippen molar-refractivity contribution in [1.29, 1.82) is 0 Å². The van der Waals surface area contributed by atoms with Gasteiger partial charge in [0.25, 0.3) is 0 Å². The summed E-state index contributed by atoms with van der Waals surface area (Å²) in [5, 5.41) is 0. The second-order valence-corrected chi connectivity index (χ2v) is 3.99. The lowest BCUT2D eigenvalue weighted by Crippen LogP contribution is -2.46. The van der Waals surface area contributed by atoms with Gasteiger partial charge < -0.3 is 18.4 Å². The highest BCUT2D eigenvalue weighted by Crippen LogP contribution is 2.12. The summed E-state index contributed by atoms with van der Waals surface area (Å²) in [6.45, 7) is 1.88. The van der Waals surface area contributed by atoms with Gasteiger partial charge in [0.05, 0.1) is 0 Å². The zero-order valence-corrected chi connectivity index (χ0v) is 8.30. The van der Waals surface area contributed by atoms with Crippen molar-refractivity contribution in [2.24, 2.45) is 0 Å². The van der Waals surface area contributed by atoms with Crippen LogP contribution < -0.4 is 4.43 Å². The van der Waals surface area contributed by atoms with Gasteiger partial charge in [0.1, 0.15) is 5.75 Å². The third-order valence-corrected chi connectivity index (χ3v) is 2.49. The summed E-state index contributed by atoms with van der Waals surface area (Å²) in [6.07, 6.45) is 0. The van der Waals surface area contributed by atoms with Crippen molar-refractivity contribution < 1.29 is 18.4 Å². The Kier molecular flexibility index (Phi) is 3.44. The van der Waals surface area contributed by atoms with E-state index in [9.17, 15) is 9.59 Å². The number of benzene rings is 1. The van der Waals surface area contributed by atoms with E-state index in [4.69, 9.17) is 4.43 Å². The van der Waals surface area contributed by atoms with Crippen molar-refractivity contribution in [1.82, 2.24) is 0 Å². The fourth-order valence-corrected chi connectivity index (χ4v) is 1.74. The Morgan fingerprint density at radius 1 is 1.23 bits per heavy atom. The zero-order chi connectivity index (χ0) is 9.73. The van der Waals surface area contributed by atoms with Crippen LogP contribution in [-0.2, 0) is 4.43 Å². The lowest BCUT2D eigenvalue weighted by atomic mass is 10.3.